The molecule has 1 aliphatic rings. The molecule has 6 heteroatoms. The van der Waals surface area contributed by atoms with E-state index in [0.717, 1.165) is 27.5 Å². The van der Waals surface area contributed by atoms with Crippen LogP contribution in [-0.4, -0.2) is 27.3 Å². The van der Waals surface area contributed by atoms with Crippen LogP contribution in [0.2, 0.25) is 16.6 Å². The molecule has 0 radical (unpaired) electrons. The Labute approximate surface area is 248 Å². The van der Waals surface area contributed by atoms with Gasteiger partial charge in [0.05, 0.1) is 11.0 Å². The average molecular weight is 585 g/mol. The number of benzene rings is 3. The Morgan fingerprint density at radius 2 is 1.27 bits per heavy atom. The number of hydrogen-bond donors (Lipinski definition) is 0. The normalized spacial score (nSPS) is 19.1. The van der Waals surface area contributed by atoms with Crippen molar-refractivity contribution in [1.29, 1.82) is 5.26 Å². The predicted octanol–water partition coefficient (Wildman–Crippen LogP) is 8.62. The van der Waals surface area contributed by atoms with Crippen LogP contribution in [0.4, 0.5) is 0 Å². The summed E-state index contributed by atoms with van der Waals surface area (Å²) in [5.74, 6) is -0.159. The molecule has 0 N–H and O–H groups in total. The molecule has 216 valence electrons. The maximum absolute atomic E-state index is 14.8. The highest BCUT2D eigenvalue weighted by Gasteiger charge is 2.60. The Hall–Kier alpha value is -2.98. The Morgan fingerprint density at radius 1 is 0.829 bits per heavy atom. The average Bonchev–Trinajstić information content (AvgIpc) is 3.26. The highest BCUT2D eigenvalue weighted by Crippen LogP contribution is 2.58. The lowest BCUT2D eigenvalue weighted by atomic mass is 9.75. The van der Waals surface area contributed by atoms with Crippen LogP contribution in [0.25, 0.3) is 0 Å². The summed E-state index contributed by atoms with van der Waals surface area (Å²) in [5, 5.41) is 12.1. The monoisotopic (exact) mass is 584 g/mol. The summed E-state index contributed by atoms with van der Waals surface area (Å²) in [5.41, 5.74) is 3.42. The highest BCUT2D eigenvalue weighted by molar-refractivity contribution is 7.89. The van der Waals surface area contributed by atoms with Crippen LogP contribution in [0, 0.1) is 24.2 Å². The van der Waals surface area contributed by atoms with Crippen molar-refractivity contribution in [2.24, 2.45) is 5.92 Å². The van der Waals surface area contributed by atoms with E-state index in [0.29, 0.717) is 23.2 Å². The van der Waals surface area contributed by atoms with Gasteiger partial charge in [-0.1, -0.05) is 127 Å². The van der Waals surface area contributed by atoms with Gasteiger partial charge >= 0.3 is 0 Å². The van der Waals surface area contributed by atoms with E-state index in [1.54, 1.807) is 16.4 Å². The molecule has 1 unspecified atom stereocenters. The summed E-state index contributed by atoms with van der Waals surface area (Å²) in [6, 6.07) is 29.8. The van der Waals surface area contributed by atoms with Gasteiger partial charge in [-0.05, 0) is 58.3 Å². The minimum Gasteiger partial charge on any atom is -0.207 e. The van der Waals surface area contributed by atoms with Crippen LogP contribution in [0.5, 0.6) is 0 Å². The van der Waals surface area contributed by atoms with Crippen LogP contribution in [0.1, 0.15) is 65.2 Å². The molecule has 3 aromatic rings. The second-order valence-electron chi connectivity index (χ2n) is 12.5. The van der Waals surface area contributed by atoms with Crippen molar-refractivity contribution in [3.63, 3.8) is 0 Å². The molecule has 0 bridgehead atoms. The molecule has 4 rings (SSSR count). The summed E-state index contributed by atoms with van der Waals surface area (Å²) < 4.78 is 31.3. The molecule has 1 fully saturated rings. The lowest BCUT2D eigenvalue weighted by molar-refractivity contribution is 0.326. The fourth-order valence-electron chi connectivity index (χ4n) is 7.89. The molecule has 4 nitrogen and oxygen atoms in total. The van der Waals surface area contributed by atoms with Crippen molar-refractivity contribution in [1.82, 2.24) is 4.31 Å². The van der Waals surface area contributed by atoms with E-state index in [2.05, 4.69) is 54.5 Å². The molecule has 1 heterocycles. The van der Waals surface area contributed by atoms with Crippen molar-refractivity contribution >= 4 is 18.1 Å². The van der Waals surface area contributed by atoms with Gasteiger partial charge in [0, 0.05) is 11.7 Å². The van der Waals surface area contributed by atoms with Crippen LogP contribution in [0.15, 0.2) is 101 Å². The van der Waals surface area contributed by atoms with Crippen molar-refractivity contribution in [3.05, 3.63) is 112 Å². The molecule has 1 atom stereocenters. The summed E-state index contributed by atoms with van der Waals surface area (Å²) >= 11 is 0. The number of nitrogens with zero attached hydrogens (tertiary/aromatic N) is 2. The molecule has 1 saturated heterocycles. The van der Waals surface area contributed by atoms with E-state index < -0.39 is 23.6 Å². The third-order valence-corrected chi connectivity index (χ3v) is 18.2. The van der Waals surface area contributed by atoms with Gasteiger partial charge in [-0.2, -0.15) is 9.57 Å². The SMILES string of the molecule is Cc1ccc(S(=O)(=O)N2CC(C)/C(=C(\C#N)[Si](C(C)C)(C(C)C)C(C)C)C2(c2ccccc2)c2ccccc2)cc1. The molecule has 0 saturated carbocycles. The minimum atomic E-state index is -3.97. The maximum atomic E-state index is 14.8. The van der Waals surface area contributed by atoms with Crippen LogP contribution in [-0.2, 0) is 15.6 Å². The zero-order valence-electron chi connectivity index (χ0n) is 25.7. The van der Waals surface area contributed by atoms with Gasteiger partial charge in [0.25, 0.3) is 0 Å². The molecule has 3 aromatic carbocycles. The maximum Gasteiger partial charge on any atom is 0.244 e. The fourth-order valence-corrected chi connectivity index (χ4v) is 16.5. The van der Waals surface area contributed by atoms with Gasteiger partial charge in [0.15, 0.2) is 0 Å². The largest absolute Gasteiger partial charge is 0.244 e. The summed E-state index contributed by atoms with van der Waals surface area (Å²) in [7, 11) is -6.46. The standard InChI is InChI=1S/C35H44N2O2SSi/c1-25(2)41(26(3)4,27(5)6)33(23-36)34-29(8)24-37(40(38,39)32-21-19-28(7)20-22-32)35(34,30-15-11-9-12-16-30)31-17-13-10-14-18-31/h9-22,25-27,29H,24H2,1-8H3/b34-33-. The fraction of sp³-hybridized carbons (Fsp3) is 0.400. The van der Waals surface area contributed by atoms with Gasteiger partial charge in [0.1, 0.15) is 13.6 Å². The van der Waals surface area contributed by atoms with Gasteiger partial charge in [-0.15, -0.1) is 0 Å². The van der Waals surface area contributed by atoms with E-state index in [-0.39, 0.29) is 10.8 Å². The third-order valence-electron chi connectivity index (χ3n) is 9.37. The summed E-state index contributed by atoms with van der Waals surface area (Å²) in [4.78, 5) is 0.270. The molecule has 0 amide bonds. The van der Waals surface area contributed by atoms with E-state index in [9.17, 15) is 13.7 Å². The first-order chi connectivity index (χ1) is 19.4. The number of aryl methyl sites for hydroxylation is 1. The van der Waals surface area contributed by atoms with E-state index >= 15 is 0 Å². The second kappa shape index (κ2) is 11.7. The van der Waals surface area contributed by atoms with Gasteiger partial charge in [-0.25, -0.2) is 8.42 Å². The Kier molecular flexibility index (Phi) is 8.85. The molecule has 41 heavy (non-hydrogen) atoms. The molecule has 0 aromatic heterocycles. The first-order valence-electron chi connectivity index (χ1n) is 14.7. The number of sulfonamides is 1. The van der Waals surface area contributed by atoms with Crippen molar-refractivity contribution in [2.45, 2.75) is 82.4 Å². The third kappa shape index (κ3) is 4.82. The summed E-state index contributed by atoms with van der Waals surface area (Å²) in [6.45, 7) is 17.9. The van der Waals surface area contributed by atoms with Gasteiger partial charge < -0.3 is 0 Å². The highest BCUT2D eigenvalue weighted by atomic mass is 32.2. The first kappa shape index (κ1) is 31.0. The molecular weight excluding hydrogens is 541 g/mol. The summed E-state index contributed by atoms with van der Waals surface area (Å²) in [6.07, 6.45) is 0. The quantitative estimate of drug-likeness (QED) is 0.197. The Morgan fingerprint density at radius 3 is 1.66 bits per heavy atom. The van der Waals surface area contributed by atoms with E-state index in [1.807, 2.05) is 79.7 Å². The lowest BCUT2D eigenvalue weighted by Crippen LogP contribution is -2.51. The predicted molar refractivity (Wildman–Crippen MR) is 172 cm³/mol. The lowest BCUT2D eigenvalue weighted by Gasteiger charge is -2.47. The van der Waals surface area contributed by atoms with E-state index in [4.69, 9.17) is 0 Å². The van der Waals surface area contributed by atoms with Crippen LogP contribution in [0.3, 0.4) is 0 Å². The number of rotatable bonds is 8. The van der Waals surface area contributed by atoms with Crippen molar-refractivity contribution in [3.8, 4) is 6.07 Å². The minimum absolute atomic E-state index is 0.159. The molecule has 0 aliphatic carbocycles. The second-order valence-corrected chi connectivity index (χ2v) is 20.2. The molecular formula is C35H44N2O2SSi. The number of hydrogen-bond acceptors (Lipinski definition) is 3. The smallest absolute Gasteiger partial charge is 0.207 e. The van der Waals surface area contributed by atoms with Gasteiger partial charge in [-0.3, -0.25) is 0 Å². The number of nitriles is 1. The Bertz CT molecular complexity index is 1480. The first-order valence-corrected chi connectivity index (χ1v) is 18.4. The van der Waals surface area contributed by atoms with Crippen molar-refractivity contribution in [2.75, 3.05) is 6.54 Å². The zero-order chi connectivity index (χ0) is 30.2. The van der Waals surface area contributed by atoms with Crippen LogP contribution >= 0.6 is 0 Å². The molecule has 1 aliphatic heterocycles. The van der Waals surface area contributed by atoms with E-state index in [1.165, 1.54) is 0 Å². The topological polar surface area (TPSA) is 61.2 Å². The van der Waals surface area contributed by atoms with Gasteiger partial charge in [0.2, 0.25) is 10.0 Å². The van der Waals surface area contributed by atoms with Crippen molar-refractivity contribution < 1.29 is 8.42 Å². The number of allylic oxidation sites excluding steroid dienone is 1. The Balaban J connectivity index is 2.26. The molecule has 0 spiro atoms. The van der Waals surface area contributed by atoms with Crippen LogP contribution < -0.4 is 0 Å². The zero-order valence-corrected chi connectivity index (χ0v) is 27.5.